The van der Waals surface area contributed by atoms with Crippen molar-refractivity contribution in [1.82, 2.24) is 0 Å². The Bertz CT molecular complexity index is 802. The molecule has 0 amide bonds. The molecule has 158 valence electrons. The zero-order chi connectivity index (χ0) is 21.2. The van der Waals surface area contributed by atoms with Crippen LogP contribution >= 0.6 is 8.58 Å². The van der Waals surface area contributed by atoms with E-state index in [-0.39, 0.29) is 33.0 Å². The first kappa shape index (κ1) is 26.2. The molecule has 6 nitrogen and oxygen atoms in total. The van der Waals surface area contributed by atoms with Gasteiger partial charge in [0.05, 0.1) is 34.5 Å². The Morgan fingerprint density at radius 3 is 1.90 bits per heavy atom. The van der Waals surface area contributed by atoms with Crippen molar-refractivity contribution in [2.24, 2.45) is 0 Å². The summed E-state index contributed by atoms with van der Waals surface area (Å²) in [5.41, 5.74) is 0.284. The van der Waals surface area contributed by atoms with Crippen LogP contribution in [0.25, 0.3) is 0 Å². The molecule has 0 heterocycles. The molecule has 2 rings (SSSR count). The van der Waals surface area contributed by atoms with Gasteiger partial charge in [-0.2, -0.15) is 0 Å². The van der Waals surface area contributed by atoms with Gasteiger partial charge in [0.25, 0.3) is 0 Å². The van der Waals surface area contributed by atoms with Crippen molar-refractivity contribution < 1.29 is 47.3 Å². The van der Waals surface area contributed by atoms with Crippen LogP contribution in [0.4, 0.5) is 0 Å². The van der Waals surface area contributed by atoms with Crippen LogP contribution in [0.1, 0.15) is 37.0 Å². The third kappa shape index (κ3) is 6.84. The standard InChI is InChI=1S/C22H29O6P.Li/c1-6-10-27-15-8-9-20(17(12-15)28-11-7-2)29-22(23)21-18(25-4)13-16(24-3)14-19(21)26-5;/h8-9,12-14,29H,6-7,10-11H2,1-5H3;/q;+1. The Labute approximate surface area is 192 Å². The average Bonchev–Trinajstić information content (AvgIpc) is 2.75. The van der Waals surface area contributed by atoms with E-state index in [4.69, 9.17) is 23.7 Å². The van der Waals surface area contributed by atoms with Gasteiger partial charge in [-0.05, 0) is 33.6 Å². The third-order valence-electron chi connectivity index (χ3n) is 4.08. The van der Waals surface area contributed by atoms with E-state index in [1.54, 1.807) is 19.2 Å². The SMILES string of the molecule is CCCOc1ccc(PC(=O)c2c(OC)cc(OC)cc2OC)c(OCCC)c1.[Li+]. The van der Waals surface area contributed by atoms with Crippen LogP contribution in [0.15, 0.2) is 30.3 Å². The largest absolute Gasteiger partial charge is 1.00 e. The van der Waals surface area contributed by atoms with Crippen molar-refractivity contribution in [2.45, 2.75) is 26.7 Å². The molecular weight excluding hydrogens is 398 g/mol. The van der Waals surface area contributed by atoms with Crippen LogP contribution in [0.3, 0.4) is 0 Å². The second kappa shape index (κ2) is 13.4. The summed E-state index contributed by atoms with van der Waals surface area (Å²) in [6.07, 6.45) is 1.79. The van der Waals surface area contributed by atoms with Gasteiger partial charge in [-0.1, -0.05) is 13.8 Å². The van der Waals surface area contributed by atoms with Gasteiger partial charge in [-0.3, -0.25) is 4.79 Å². The molecule has 1 atom stereocenters. The summed E-state index contributed by atoms with van der Waals surface area (Å²) >= 11 is 0. The first-order valence-corrected chi connectivity index (χ1v) is 10.6. The number of carbonyl (C=O) groups excluding carboxylic acids is 1. The van der Waals surface area contributed by atoms with E-state index in [1.165, 1.54) is 14.2 Å². The fourth-order valence-electron chi connectivity index (χ4n) is 2.66. The number of benzene rings is 2. The van der Waals surface area contributed by atoms with E-state index in [9.17, 15) is 4.79 Å². The molecule has 0 aliphatic heterocycles. The molecule has 0 spiro atoms. The Morgan fingerprint density at radius 2 is 1.37 bits per heavy atom. The molecule has 0 N–H and O–H groups in total. The van der Waals surface area contributed by atoms with Crippen LogP contribution in [-0.2, 0) is 0 Å². The maximum absolute atomic E-state index is 13.2. The predicted octanol–water partition coefficient (Wildman–Crippen LogP) is 1.44. The van der Waals surface area contributed by atoms with Gasteiger partial charge < -0.3 is 23.7 Å². The molecule has 30 heavy (non-hydrogen) atoms. The predicted molar refractivity (Wildman–Crippen MR) is 116 cm³/mol. The van der Waals surface area contributed by atoms with E-state index in [1.807, 2.05) is 25.1 Å². The minimum Gasteiger partial charge on any atom is -0.496 e. The zero-order valence-electron chi connectivity index (χ0n) is 18.7. The van der Waals surface area contributed by atoms with Gasteiger partial charge in [-0.25, -0.2) is 0 Å². The fraction of sp³-hybridized carbons (Fsp3) is 0.409. The van der Waals surface area contributed by atoms with Crippen molar-refractivity contribution in [3.8, 4) is 28.7 Å². The molecule has 1 unspecified atom stereocenters. The minimum absolute atomic E-state index is 0. The van der Waals surface area contributed by atoms with Crippen molar-refractivity contribution in [3.05, 3.63) is 35.9 Å². The Hall–Kier alpha value is -1.86. The molecule has 2 aromatic carbocycles. The molecule has 0 saturated carbocycles. The van der Waals surface area contributed by atoms with Gasteiger partial charge >= 0.3 is 18.9 Å². The van der Waals surface area contributed by atoms with Crippen molar-refractivity contribution in [2.75, 3.05) is 34.5 Å². The summed E-state index contributed by atoms with van der Waals surface area (Å²) in [5, 5.41) is 0.812. The molecule has 0 bridgehead atoms. The molecule has 0 fully saturated rings. The molecule has 0 aromatic heterocycles. The second-order valence-corrected chi connectivity index (χ2v) is 7.46. The molecule has 0 aliphatic rings. The first-order valence-electron chi connectivity index (χ1n) is 9.58. The van der Waals surface area contributed by atoms with E-state index < -0.39 is 0 Å². The Morgan fingerprint density at radius 1 is 0.800 bits per heavy atom. The van der Waals surface area contributed by atoms with Crippen LogP contribution < -0.4 is 47.8 Å². The Balaban J connectivity index is 0.00000450. The molecule has 0 radical (unpaired) electrons. The van der Waals surface area contributed by atoms with Crippen molar-refractivity contribution in [1.29, 1.82) is 0 Å². The van der Waals surface area contributed by atoms with Gasteiger partial charge in [0.15, 0.2) is 5.52 Å². The summed E-state index contributed by atoms with van der Waals surface area (Å²) in [6, 6.07) is 8.96. The van der Waals surface area contributed by atoms with Gasteiger partial charge in [0.1, 0.15) is 34.3 Å². The summed E-state index contributed by atoms with van der Waals surface area (Å²) in [5.74, 6) is 2.79. The maximum atomic E-state index is 13.2. The normalized spacial score (nSPS) is 10.4. The van der Waals surface area contributed by atoms with E-state index in [0.29, 0.717) is 41.8 Å². The summed E-state index contributed by atoms with van der Waals surface area (Å²) < 4.78 is 27.7. The molecular formula is C22H29LiO6P+. The summed E-state index contributed by atoms with van der Waals surface area (Å²) in [4.78, 5) is 13.2. The summed E-state index contributed by atoms with van der Waals surface area (Å²) in [6.45, 7) is 5.29. The van der Waals surface area contributed by atoms with Crippen LogP contribution in [0.2, 0.25) is 0 Å². The van der Waals surface area contributed by atoms with Gasteiger partial charge in [-0.15, -0.1) is 0 Å². The van der Waals surface area contributed by atoms with Crippen LogP contribution in [0.5, 0.6) is 28.7 Å². The number of hydrogen-bond acceptors (Lipinski definition) is 6. The van der Waals surface area contributed by atoms with Gasteiger partial charge in [0, 0.05) is 23.5 Å². The monoisotopic (exact) mass is 427 g/mol. The average molecular weight is 427 g/mol. The van der Waals surface area contributed by atoms with Crippen LogP contribution in [0, 0.1) is 0 Å². The molecule has 0 saturated heterocycles. The second-order valence-electron chi connectivity index (χ2n) is 6.22. The fourth-order valence-corrected chi connectivity index (χ4v) is 3.71. The maximum Gasteiger partial charge on any atom is 1.00 e. The molecule has 2 aromatic rings. The Kier molecular flexibility index (Phi) is 11.7. The van der Waals surface area contributed by atoms with Crippen LogP contribution in [-0.4, -0.2) is 40.1 Å². The van der Waals surface area contributed by atoms with Gasteiger partial charge in [0.2, 0.25) is 0 Å². The third-order valence-corrected chi connectivity index (χ3v) is 5.24. The van der Waals surface area contributed by atoms with E-state index in [0.717, 1.165) is 23.9 Å². The van der Waals surface area contributed by atoms with E-state index >= 15 is 0 Å². The van der Waals surface area contributed by atoms with E-state index in [2.05, 4.69) is 6.92 Å². The topological polar surface area (TPSA) is 63.2 Å². The van der Waals surface area contributed by atoms with Crippen molar-refractivity contribution in [3.63, 3.8) is 0 Å². The number of rotatable bonds is 12. The number of ether oxygens (including phenoxy) is 5. The molecule has 8 heteroatoms. The molecule has 0 aliphatic carbocycles. The summed E-state index contributed by atoms with van der Waals surface area (Å²) in [7, 11) is 4.43. The minimum atomic E-state index is -0.160. The number of methoxy groups -OCH3 is 3. The zero-order valence-corrected chi connectivity index (χ0v) is 19.7. The first-order chi connectivity index (χ1) is 14.1. The quantitative estimate of drug-likeness (QED) is 0.377. The number of hydrogen-bond donors (Lipinski definition) is 0. The van der Waals surface area contributed by atoms with Crippen molar-refractivity contribution >= 4 is 19.4 Å². The number of carbonyl (C=O) groups is 1. The smallest absolute Gasteiger partial charge is 0.496 e.